The highest BCUT2D eigenvalue weighted by molar-refractivity contribution is 5.14. The van der Waals surface area contributed by atoms with Gasteiger partial charge >= 0.3 is 0 Å². The van der Waals surface area contributed by atoms with Crippen LogP contribution in [0.4, 0.5) is 0 Å². The van der Waals surface area contributed by atoms with E-state index in [-0.39, 0.29) is 0 Å². The summed E-state index contributed by atoms with van der Waals surface area (Å²) in [5, 5.41) is 3.37. The first-order valence-electron chi connectivity index (χ1n) is 7.14. The van der Waals surface area contributed by atoms with Gasteiger partial charge in [-0.15, -0.1) is 0 Å². The summed E-state index contributed by atoms with van der Waals surface area (Å²) in [7, 11) is 0. The van der Waals surface area contributed by atoms with Crippen molar-refractivity contribution in [2.75, 3.05) is 6.54 Å². The Morgan fingerprint density at radius 2 is 2.05 bits per heavy atom. The highest BCUT2D eigenvalue weighted by atomic mass is 15.0. The molecule has 0 unspecified atom stereocenters. The van der Waals surface area contributed by atoms with Gasteiger partial charge in [-0.3, -0.25) is 0 Å². The Balaban J connectivity index is 1.71. The van der Waals surface area contributed by atoms with Gasteiger partial charge in [-0.2, -0.15) is 0 Å². The molecule has 2 rings (SSSR count). The van der Waals surface area contributed by atoms with Gasteiger partial charge in [-0.05, 0) is 31.4 Å². The van der Waals surface area contributed by atoms with Crippen molar-refractivity contribution in [2.24, 2.45) is 0 Å². The Kier molecular flexibility index (Phi) is 5.63. The van der Waals surface area contributed by atoms with Crippen molar-refractivity contribution in [3.05, 3.63) is 54.1 Å². The Bertz CT molecular complexity index is 462. The number of hydrogen-bond acceptors (Lipinski definition) is 2. The highest BCUT2D eigenvalue weighted by Crippen LogP contribution is 2.04. The summed E-state index contributed by atoms with van der Waals surface area (Å²) in [6.07, 6.45) is 7.53. The fraction of sp³-hybridized carbons (Fsp3) is 0.438. The number of benzene rings is 1. The van der Waals surface area contributed by atoms with Gasteiger partial charge in [-0.1, -0.05) is 37.3 Å². The van der Waals surface area contributed by atoms with Crippen molar-refractivity contribution in [3.63, 3.8) is 0 Å². The lowest BCUT2D eigenvalue weighted by atomic mass is 10.1. The molecule has 0 atom stereocenters. The van der Waals surface area contributed by atoms with E-state index in [1.165, 1.54) is 5.56 Å². The molecule has 0 amide bonds. The van der Waals surface area contributed by atoms with Crippen LogP contribution in [0.25, 0.3) is 0 Å². The maximum Gasteiger partial charge on any atom is 0.0949 e. The van der Waals surface area contributed by atoms with Crippen LogP contribution in [0.3, 0.4) is 0 Å². The molecule has 1 N–H and O–H groups in total. The van der Waals surface area contributed by atoms with Crippen molar-refractivity contribution in [2.45, 2.75) is 39.3 Å². The Morgan fingerprint density at radius 1 is 1.21 bits per heavy atom. The van der Waals surface area contributed by atoms with E-state index in [9.17, 15) is 0 Å². The fourth-order valence-corrected chi connectivity index (χ4v) is 2.12. The molecule has 1 aromatic heterocycles. The Morgan fingerprint density at radius 3 is 2.84 bits per heavy atom. The molecule has 0 aliphatic heterocycles. The summed E-state index contributed by atoms with van der Waals surface area (Å²) in [6.45, 7) is 5.14. The largest absolute Gasteiger partial charge is 0.337 e. The number of rotatable bonds is 8. The van der Waals surface area contributed by atoms with Gasteiger partial charge in [0.05, 0.1) is 12.0 Å². The van der Waals surface area contributed by atoms with Gasteiger partial charge in [0, 0.05) is 19.3 Å². The quantitative estimate of drug-likeness (QED) is 0.737. The third kappa shape index (κ3) is 4.87. The molecule has 0 bridgehead atoms. The molecule has 2 aromatic rings. The molecule has 0 aliphatic rings. The van der Waals surface area contributed by atoms with Crippen molar-refractivity contribution in [3.8, 4) is 0 Å². The van der Waals surface area contributed by atoms with Gasteiger partial charge in [0.2, 0.25) is 0 Å². The molecular weight excluding hydrogens is 234 g/mol. The van der Waals surface area contributed by atoms with E-state index in [0.717, 1.165) is 44.6 Å². The number of imidazole rings is 1. The molecule has 0 spiro atoms. The molecule has 19 heavy (non-hydrogen) atoms. The summed E-state index contributed by atoms with van der Waals surface area (Å²) in [4.78, 5) is 4.41. The van der Waals surface area contributed by atoms with Gasteiger partial charge in [-0.25, -0.2) is 4.98 Å². The van der Waals surface area contributed by atoms with Crippen LogP contribution in [0.15, 0.2) is 42.9 Å². The summed E-state index contributed by atoms with van der Waals surface area (Å²) in [5.41, 5.74) is 2.54. The SMILES string of the molecule is CCCNCc1cn(CCCc2ccccc2)cn1. The lowest BCUT2D eigenvalue weighted by molar-refractivity contribution is 0.638. The van der Waals surface area contributed by atoms with Gasteiger partial charge in [0.15, 0.2) is 0 Å². The minimum absolute atomic E-state index is 0.875. The number of hydrogen-bond donors (Lipinski definition) is 1. The van der Waals surface area contributed by atoms with Crippen LogP contribution in [0.5, 0.6) is 0 Å². The minimum atomic E-state index is 0.875. The molecule has 0 fully saturated rings. The monoisotopic (exact) mass is 257 g/mol. The van der Waals surface area contributed by atoms with Crippen LogP contribution >= 0.6 is 0 Å². The lowest BCUT2D eigenvalue weighted by Crippen LogP contribution is -2.13. The standard InChI is InChI=1S/C16H23N3/c1-2-10-17-12-16-13-19(14-18-16)11-6-9-15-7-4-3-5-8-15/h3-5,7-8,13-14,17H,2,6,9-12H2,1H3. The molecule has 1 heterocycles. The van der Waals surface area contributed by atoms with Gasteiger partial charge in [0.25, 0.3) is 0 Å². The number of nitrogens with one attached hydrogen (secondary N) is 1. The molecule has 0 aliphatic carbocycles. The van der Waals surface area contributed by atoms with E-state index in [1.54, 1.807) is 0 Å². The predicted molar refractivity (Wildman–Crippen MR) is 79.0 cm³/mol. The smallest absolute Gasteiger partial charge is 0.0949 e. The third-order valence-corrected chi connectivity index (χ3v) is 3.14. The second kappa shape index (κ2) is 7.74. The second-order valence-corrected chi connectivity index (χ2v) is 4.87. The van der Waals surface area contributed by atoms with Gasteiger partial charge < -0.3 is 9.88 Å². The Hall–Kier alpha value is -1.61. The van der Waals surface area contributed by atoms with Gasteiger partial charge in [0.1, 0.15) is 0 Å². The Labute approximate surface area is 115 Å². The third-order valence-electron chi connectivity index (χ3n) is 3.14. The van der Waals surface area contributed by atoms with Crippen LogP contribution < -0.4 is 5.32 Å². The zero-order valence-electron chi connectivity index (χ0n) is 11.7. The number of nitrogens with zero attached hydrogens (tertiary/aromatic N) is 2. The summed E-state index contributed by atoms with van der Waals surface area (Å²) < 4.78 is 2.19. The van der Waals surface area contributed by atoms with E-state index >= 15 is 0 Å². The summed E-state index contributed by atoms with van der Waals surface area (Å²) in [6, 6.07) is 10.6. The normalized spacial score (nSPS) is 10.8. The first-order chi connectivity index (χ1) is 9.38. The summed E-state index contributed by atoms with van der Waals surface area (Å²) >= 11 is 0. The second-order valence-electron chi connectivity index (χ2n) is 4.87. The predicted octanol–water partition coefficient (Wildman–Crippen LogP) is 3.02. The molecule has 3 nitrogen and oxygen atoms in total. The van der Waals surface area contributed by atoms with Crippen LogP contribution in [-0.4, -0.2) is 16.1 Å². The minimum Gasteiger partial charge on any atom is -0.337 e. The van der Waals surface area contributed by atoms with Crippen LogP contribution in [0.1, 0.15) is 31.0 Å². The fourth-order valence-electron chi connectivity index (χ4n) is 2.12. The van der Waals surface area contributed by atoms with Crippen LogP contribution in [0.2, 0.25) is 0 Å². The van der Waals surface area contributed by atoms with E-state index in [0.29, 0.717) is 0 Å². The van der Waals surface area contributed by atoms with E-state index in [2.05, 4.69) is 58.3 Å². The van der Waals surface area contributed by atoms with E-state index in [1.807, 2.05) is 6.33 Å². The van der Waals surface area contributed by atoms with Crippen LogP contribution in [-0.2, 0) is 19.5 Å². The van der Waals surface area contributed by atoms with Crippen molar-refractivity contribution < 1.29 is 0 Å². The maximum absolute atomic E-state index is 4.41. The van der Waals surface area contributed by atoms with Crippen LogP contribution in [0, 0.1) is 0 Å². The molecule has 1 aromatic carbocycles. The first kappa shape index (κ1) is 13.8. The zero-order chi connectivity index (χ0) is 13.3. The van der Waals surface area contributed by atoms with Crippen molar-refractivity contribution >= 4 is 0 Å². The van der Waals surface area contributed by atoms with Crippen molar-refractivity contribution in [1.82, 2.24) is 14.9 Å². The molecule has 102 valence electrons. The average Bonchev–Trinajstić information content (AvgIpc) is 2.88. The zero-order valence-corrected chi connectivity index (χ0v) is 11.7. The molecule has 0 saturated carbocycles. The van der Waals surface area contributed by atoms with E-state index < -0.39 is 0 Å². The molecule has 0 saturated heterocycles. The highest BCUT2D eigenvalue weighted by Gasteiger charge is 1.98. The lowest BCUT2D eigenvalue weighted by Gasteiger charge is -2.02. The summed E-state index contributed by atoms with van der Waals surface area (Å²) in [5.74, 6) is 0. The van der Waals surface area contributed by atoms with Crippen molar-refractivity contribution in [1.29, 1.82) is 0 Å². The van der Waals surface area contributed by atoms with E-state index in [4.69, 9.17) is 0 Å². The number of aromatic nitrogens is 2. The number of aryl methyl sites for hydroxylation is 2. The molecular formula is C16H23N3. The molecule has 0 radical (unpaired) electrons. The topological polar surface area (TPSA) is 29.9 Å². The first-order valence-corrected chi connectivity index (χ1v) is 7.14. The molecule has 3 heteroatoms. The average molecular weight is 257 g/mol. The maximum atomic E-state index is 4.41.